The maximum atomic E-state index is 10.5. The van der Waals surface area contributed by atoms with Crippen molar-refractivity contribution in [3.8, 4) is 0 Å². The third-order valence-corrected chi connectivity index (χ3v) is 3.54. The first-order valence-corrected chi connectivity index (χ1v) is 5.81. The van der Waals surface area contributed by atoms with Crippen LogP contribution in [0.1, 0.15) is 38.7 Å². The smallest absolute Gasteiger partial charge is 0.0694 e. The van der Waals surface area contributed by atoms with Crippen LogP contribution >= 0.6 is 0 Å². The molecule has 3 nitrogen and oxygen atoms in total. The monoisotopic (exact) mass is 220 g/mol. The van der Waals surface area contributed by atoms with Gasteiger partial charge in [0.25, 0.3) is 0 Å². The lowest BCUT2D eigenvalue weighted by Gasteiger charge is -2.25. The predicted octanol–water partition coefficient (Wildman–Crippen LogP) is 2.15. The Balaban J connectivity index is 2.14. The van der Waals surface area contributed by atoms with E-state index < -0.39 is 5.60 Å². The first-order chi connectivity index (χ1) is 7.40. The van der Waals surface area contributed by atoms with Crippen molar-refractivity contribution >= 4 is 5.69 Å². The van der Waals surface area contributed by atoms with Crippen molar-refractivity contribution in [1.29, 1.82) is 0 Å². The second-order valence-electron chi connectivity index (χ2n) is 5.82. The quantitative estimate of drug-likeness (QED) is 0.803. The van der Waals surface area contributed by atoms with Crippen LogP contribution in [0.4, 0.5) is 5.69 Å². The number of nitrogens with zero attached hydrogens (tertiary/aromatic N) is 1. The number of aliphatic hydroxyl groups is 1. The minimum Gasteiger partial charge on any atom is -0.398 e. The van der Waals surface area contributed by atoms with E-state index in [1.807, 2.05) is 0 Å². The number of pyridine rings is 1. The Bertz CT molecular complexity index is 389. The molecule has 0 amide bonds. The lowest BCUT2D eigenvalue weighted by atomic mass is 9.86. The minimum atomic E-state index is -0.597. The van der Waals surface area contributed by atoms with Crippen molar-refractivity contribution < 1.29 is 5.11 Å². The molecule has 1 aliphatic carbocycles. The van der Waals surface area contributed by atoms with Crippen LogP contribution in [0.3, 0.4) is 0 Å². The van der Waals surface area contributed by atoms with Crippen molar-refractivity contribution in [2.45, 2.75) is 45.1 Å². The zero-order valence-electron chi connectivity index (χ0n) is 10.0. The van der Waals surface area contributed by atoms with Crippen molar-refractivity contribution in [3.63, 3.8) is 0 Å². The van der Waals surface area contributed by atoms with Gasteiger partial charge in [-0.25, -0.2) is 0 Å². The molecule has 0 bridgehead atoms. The SMILES string of the molecule is CC1(C)CCC(O)(Cc2cnccc2N)C1. The van der Waals surface area contributed by atoms with Gasteiger partial charge in [-0.3, -0.25) is 4.98 Å². The van der Waals surface area contributed by atoms with E-state index in [1.54, 1.807) is 18.5 Å². The predicted molar refractivity (Wildman–Crippen MR) is 64.9 cm³/mol. The molecule has 1 fully saturated rings. The maximum absolute atomic E-state index is 10.5. The van der Waals surface area contributed by atoms with E-state index in [2.05, 4.69) is 18.8 Å². The third kappa shape index (κ3) is 2.35. The van der Waals surface area contributed by atoms with E-state index in [9.17, 15) is 5.11 Å². The van der Waals surface area contributed by atoms with Crippen LogP contribution in [0.5, 0.6) is 0 Å². The second kappa shape index (κ2) is 3.74. The van der Waals surface area contributed by atoms with Gasteiger partial charge in [-0.2, -0.15) is 0 Å². The van der Waals surface area contributed by atoms with Gasteiger partial charge in [0.1, 0.15) is 0 Å². The summed E-state index contributed by atoms with van der Waals surface area (Å²) in [5, 5.41) is 10.5. The van der Waals surface area contributed by atoms with Gasteiger partial charge in [-0.15, -0.1) is 0 Å². The van der Waals surface area contributed by atoms with E-state index >= 15 is 0 Å². The number of rotatable bonds is 2. The van der Waals surface area contributed by atoms with Crippen molar-refractivity contribution in [2.75, 3.05) is 5.73 Å². The molecule has 0 radical (unpaired) electrons. The van der Waals surface area contributed by atoms with E-state index in [4.69, 9.17) is 5.73 Å². The van der Waals surface area contributed by atoms with Gasteiger partial charge in [0, 0.05) is 24.5 Å². The molecule has 0 spiro atoms. The molecule has 0 aromatic carbocycles. The highest BCUT2D eigenvalue weighted by atomic mass is 16.3. The molecular formula is C13H20N2O. The molecule has 1 aromatic rings. The van der Waals surface area contributed by atoms with Crippen LogP contribution < -0.4 is 5.73 Å². The van der Waals surface area contributed by atoms with Crippen LogP contribution in [0.15, 0.2) is 18.5 Å². The second-order valence-corrected chi connectivity index (χ2v) is 5.82. The Hall–Kier alpha value is -1.09. The third-order valence-electron chi connectivity index (χ3n) is 3.54. The highest BCUT2D eigenvalue weighted by Crippen LogP contribution is 2.45. The first-order valence-electron chi connectivity index (χ1n) is 5.81. The molecule has 0 saturated heterocycles. The number of hydrogen-bond donors (Lipinski definition) is 2. The summed E-state index contributed by atoms with van der Waals surface area (Å²) < 4.78 is 0. The molecule has 3 heteroatoms. The van der Waals surface area contributed by atoms with E-state index in [1.165, 1.54) is 0 Å². The summed E-state index contributed by atoms with van der Waals surface area (Å²) >= 11 is 0. The number of nitrogens with two attached hydrogens (primary N) is 1. The molecule has 2 rings (SSSR count). The molecule has 16 heavy (non-hydrogen) atoms. The molecule has 1 atom stereocenters. The molecule has 1 aliphatic rings. The zero-order chi connectivity index (χ0) is 11.8. The summed E-state index contributed by atoms with van der Waals surface area (Å²) in [4.78, 5) is 4.06. The topological polar surface area (TPSA) is 59.1 Å². The average Bonchev–Trinajstić information content (AvgIpc) is 2.45. The van der Waals surface area contributed by atoms with Gasteiger partial charge in [-0.05, 0) is 36.3 Å². The molecule has 3 N–H and O–H groups in total. The largest absolute Gasteiger partial charge is 0.398 e. The zero-order valence-corrected chi connectivity index (χ0v) is 10.0. The molecule has 1 aromatic heterocycles. The number of anilines is 1. The van der Waals surface area contributed by atoms with Crippen LogP contribution in [0.2, 0.25) is 0 Å². The first kappa shape index (κ1) is 11.4. The molecule has 1 heterocycles. The molecule has 88 valence electrons. The van der Waals surface area contributed by atoms with E-state index in [0.717, 1.165) is 30.5 Å². The fourth-order valence-corrected chi connectivity index (χ4v) is 2.73. The summed E-state index contributed by atoms with van der Waals surface area (Å²) in [6, 6.07) is 1.79. The van der Waals surface area contributed by atoms with Gasteiger partial charge in [0.2, 0.25) is 0 Å². The Kier molecular flexibility index (Phi) is 2.66. The van der Waals surface area contributed by atoms with Crippen molar-refractivity contribution in [1.82, 2.24) is 4.98 Å². The maximum Gasteiger partial charge on any atom is 0.0694 e. The van der Waals surface area contributed by atoms with E-state index in [0.29, 0.717) is 6.42 Å². The summed E-state index contributed by atoms with van der Waals surface area (Å²) in [6.07, 6.45) is 6.84. The summed E-state index contributed by atoms with van der Waals surface area (Å²) in [7, 11) is 0. The van der Waals surface area contributed by atoms with Gasteiger partial charge in [0.15, 0.2) is 0 Å². The standard InChI is InChI=1S/C13H20N2O/c1-12(2)4-5-13(16,9-12)7-10-8-15-6-3-11(10)14/h3,6,8,16H,4-5,7,9H2,1-2H3,(H2,14,15). The highest BCUT2D eigenvalue weighted by molar-refractivity contribution is 5.45. The van der Waals surface area contributed by atoms with Crippen LogP contribution in [0, 0.1) is 5.41 Å². The number of aromatic nitrogens is 1. The fourth-order valence-electron chi connectivity index (χ4n) is 2.73. The summed E-state index contributed by atoms with van der Waals surface area (Å²) in [5.41, 5.74) is 7.21. The Labute approximate surface area is 96.7 Å². The Morgan fingerprint density at radius 1 is 1.44 bits per heavy atom. The van der Waals surface area contributed by atoms with Crippen molar-refractivity contribution in [3.05, 3.63) is 24.0 Å². The van der Waals surface area contributed by atoms with Crippen LogP contribution in [-0.2, 0) is 6.42 Å². The normalized spacial score (nSPS) is 28.2. The lowest BCUT2D eigenvalue weighted by molar-refractivity contribution is 0.0379. The van der Waals surface area contributed by atoms with Crippen molar-refractivity contribution in [2.24, 2.45) is 5.41 Å². The number of nitrogen functional groups attached to an aromatic ring is 1. The minimum absolute atomic E-state index is 0.242. The molecule has 1 unspecified atom stereocenters. The molecular weight excluding hydrogens is 200 g/mol. The number of hydrogen-bond acceptors (Lipinski definition) is 3. The Morgan fingerprint density at radius 3 is 2.75 bits per heavy atom. The average molecular weight is 220 g/mol. The molecule has 1 saturated carbocycles. The fraction of sp³-hybridized carbons (Fsp3) is 0.615. The lowest BCUT2D eigenvalue weighted by Crippen LogP contribution is -2.29. The van der Waals surface area contributed by atoms with Crippen LogP contribution in [-0.4, -0.2) is 15.7 Å². The van der Waals surface area contributed by atoms with Gasteiger partial charge >= 0.3 is 0 Å². The van der Waals surface area contributed by atoms with Gasteiger partial charge in [0.05, 0.1) is 5.60 Å². The molecule has 0 aliphatic heterocycles. The van der Waals surface area contributed by atoms with Gasteiger partial charge in [-0.1, -0.05) is 13.8 Å². The van der Waals surface area contributed by atoms with E-state index in [-0.39, 0.29) is 5.41 Å². The Morgan fingerprint density at radius 2 is 2.19 bits per heavy atom. The van der Waals surface area contributed by atoms with Crippen LogP contribution in [0.25, 0.3) is 0 Å². The van der Waals surface area contributed by atoms with Gasteiger partial charge < -0.3 is 10.8 Å². The highest BCUT2D eigenvalue weighted by Gasteiger charge is 2.41. The summed E-state index contributed by atoms with van der Waals surface area (Å²) in [5.74, 6) is 0. The summed E-state index contributed by atoms with van der Waals surface area (Å²) in [6.45, 7) is 4.41.